The highest BCUT2D eigenvalue weighted by atomic mass is 19.2. The summed E-state index contributed by atoms with van der Waals surface area (Å²) in [6.07, 6.45) is 3.30. The average Bonchev–Trinajstić information content (AvgIpc) is 2.80. The number of halogens is 2. The van der Waals surface area contributed by atoms with Gasteiger partial charge in [0.05, 0.1) is 24.3 Å². The van der Waals surface area contributed by atoms with Crippen LogP contribution in [0.5, 0.6) is 0 Å². The van der Waals surface area contributed by atoms with Crippen molar-refractivity contribution in [3.05, 3.63) is 53.1 Å². The molecule has 2 rings (SSSR count). The zero-order valence-electron chi connectivity index (χ0n) is 11.2. The molecule has 0 saturated carbocycles. The maximum Gasteiger partial charge on any atom is 0.164 e. The van der Waals surface area contributed by atoms with Crippen molar-refractivity contribution in [2.24, 2.45) is 7.05 Å². The molecule has 0 aliphatic carbocycles. The maximum absolute atomic E-state index is 14.1. The second-order valence-corrected chi connectivity index (χ2v) is 4.52. The Kier molecular flexibility index (Phi) is 3.95. The van der Waals surface area contributed by atoms with Crippen LogP contribution in [0.15, 0.2) is 24.7 Å². The van der Waals surface area contributed by atoms with Gasteiger partial charge in [-0.25, -0.2) is 13.8 Å². The first-order chi connectivity index (χ1) is 9.06. The monoisotopic (exact) mass is 265 g/mol. The summed E-state index contributed by atoms with van der Waals surface area (Å²) in [7, 11) is 1.83. The van der Waals surface area contributed by atoms with Crippen molar-refractivity contribution in [2.45, 2.75) is 19.9 Å². The fourth-order valence-corrected chi connectivity index (χ4v) is 2.11. The number of nitrogens with one attached hydrogen (secondary N) is 1. The van der Waals surface area contributed by atoms with Gasteiger partial charge in [0.2, 0.25) is 0 Å². The molecule has 1 aromatic carbocycles. The number of hydrogen-bond acceptors (Lipinski definition) is 2. The molecule has 5 heteroatoms. The van der Waals surface area contributed by atoms with E-state index in [1.54, 1.807) is 36.1 Å². The number of nitrogens with zero attached hydrogens (tertiary/aromatic N) is 2. The van der Waals surface area contributed by atoms with Gasteiger partial charge in [-0.2, -0.15) is 0 Å². The van der Waals surface area contributed by atoms with Crippen molar-refractivity contribution in [3.8, 4) is 0 Å². The Labute approximate surface area is 111 Å². The van der Waals surface area contributed by atoms with Gasteiger partial charge in [-0.1, -0.05) is 19.1 Å². The number of aryl methyl sites for hydroxylation is 2. The SMILES string of the molecule is CCNC(c1ccc(C)c(F)c1F)c1cncn1C. The minimum absolute atomic E-state index is 0.300. The first-order valence-corrected chi connectivity index (χ1v) is 6.20. The quantitative estimate of drug-likeness (QED) is 0.921. The Bertz CT molecular complexity index is 578. The van der Waals surface area contributed by atoms with Gasteiger partial charge >= 0.3 is 0 Å². The molecule has 3 nitrogen and oxygen atoms in total. The number of benzene rings is 1. The van der Waals surface area contributed by atoms with Gasteiger partial charge in [0.1, 0.15) is 0 Å². The van der Waals surface area contributed by atoms with E-state index in [1.165, 1.54) is 0 Å². The third-order valence-electron chi connectivity index (χ3n) is 3.17. The van der Waals surface area contributed by atoms with Crippen LogP contribution >= 0.6 is 0 Å². The third-order valence-corrected chi connectivity index (χ3v) is 3.17. The molecule has 0 spiro atoms. The van der Waals surface area contributed by atoms with Crippen molar-refractivity contribution in [2.75, 3.05) is 6.54 Å². The predicted molar refractivity (Wildman–Crippen MR) is 69.8 cm³/mol. The topological polar surface area (TPSA) is 29.9 Å². The molecule has 102 valence electrons. The fraction of sp³-hybridized carbons (Fsp3) is 0.357. The van der Waals surface area contributed by atoms with Crippen molar-refractivity contribution in [1.82, 2.24) is 14.9 Å². The number of imidazole rings is 1. The van der Waals surface area contributed by atoms with Gasteiger partial charge < -0.3 is 9.88 Å². The molecule has 19 heavy (non-hydrogen) atoms. The van der Waals surface area contributed by atoms with E-state index in [2.05, 4.69) is 10.3 Å². The highest BCUT2D eigenvalue weighted by Crippen LogP contribution is 2.26. The van der Waals surface area contributed by atoms with E-state index < -0.39 is 17.7 Å². The molecule has 0 bridgehead atoms. The smallest absolute Gasteiger partial charge is 0.164 e. The van der Waals surface area contributed by atoms with Crippen molar-refractivity contribution in [3.63, 3.8) is 0 Å². The highest BCUT2D eigenvalue weighted by molar-refractivity contribution is 5.32. The summed E-state index contributed by atoms with van der Waals surface area (Å²) in [6, 6.07) is 2.80. The lowest BCUT2D eigenvalue weighted by Gasteiger charge is -2.20. The molecule has 2 aromatic rings. The van der Waals surface area contributed by atoms with Gasteiger partial charge in [0.25, 0.3) is 0 Å². The van der Waals surface area contributed by atoms with Gasteiger partial charge in [0, 0.05) is 12.6 Å². The summed E-state index contributed by atoms with van der Waals surface area (Å²) in [5.41, 5.74) is 1.40. The summed E-state index contributed by atoms with van der Waals surface area (Å²) in [5, 5.41) is 3.16. The van der Waals surface area contributed by atoms with E-state index in [-0.39, 0.29) is 0 Å². The van der Waals surface area contributed by atoms with E-state index in [9.17, 15) is 8.78 Å². The standard InChI is InChI=1S/C14H17F2N3/c1-4-18-14(11-7-17-8-19(11)3)10-6-5-9(2)12(15)13(10)16/h5-8,14,18H,4H2,1-3H3. The Hall–Kier alpha value is -1.75. The molecule has 0 aliphatic rings. The highest BCUT2D eigenvalue weighted by Gasteiger charge is 2.22. The zero-order valence-corrected chi connectivity index (χ0v) is 11.2. The van der Waals surface area contributed by atoms with Gasteiger partial charge in [-0.3, -0.25) is 0 Å². The van der Waals surface area contributed by atoms with Crippen molar-refractivity contribution in [1.29, 1.82) is 0 Å². The fourth-order valence-electron chi connectivity index (χ4n) is 2.11. The second-order valence-electron chi connectivity index (χ2n) is 4.52. The number of rotatable bonds is 4. The van der Waals surface area contributed by atoms with E-state index in [0.29, 0.717) is 17.7 Å². The van der Waals surface area contributed by atoms with E-state index in [1.807, 2.05) is 14.0 Å². The predicted octanol–water partition coefficient (Wildman–Crippen LogP) is 2.71. The van der Waals surface area contributed by atoms with Gasteiger partial charge in [0.15, 0.2) is 11.6 Å². The van der Waals surface area contributed by atoms with Crippen LogP contribution in [0.2, 0.25) is 0 Å². The molecule has 0 aliphatic heterocycles. The van der Waals surface area contributed by atoms with Crippen LogP contribution in [0.4, 0.5) is 8.78 Å². The van der Waals surface area contributed by atoms with Crippen LogP contribution in [-0.2, 0) is 7.05 Å². The third kappa shape index (κ3) is 2.51. The molecule has 0 amide bonds. The average molecular weight is 265 g/mol. The summed E-state index contributed by atoms with van der Waals surface area (Å²) in [6.45, 7) is 4.12. The lowest BCUT2D eigenvalue weighted by Crippen LogP contribution is -2.25. The number of hydrogen-bond donors (Lipinski definition) is 1. The molecule has 0 fully saturated rings. The van der Waals surface area contributed by atoms with Gasteiger partial charge in [-0.15, -0.1) is 0 Å². The van der Waals surface area contributed by atoms with Crippen molar-refractivity contribution >= 4 is 0 Å². The summed E-state index contributed by atoms with van der Waals surface area (Å²) in [4.78, 5) is 4.03. The largest absolute Gasteiger partial charge is 0.336 e. The van der Waals surface area contributed by atoms with E-state index in [4.69, 9.17) is 0 Å². The first kappa shape index (κ1) is 13.7. The molecular formula is C14H17F2N3. The normalized spacial score (nSPS) is 12.7. The molecule has 1 atom stereocenters. The Morgan fingerprint density at radius 1 is 1.32 bits per heavy atom. The van der Waals surface area contributed by atoms with E-state index in [0.717, 1.165) is 5.69 Å². The van der Waals surface area contributed by atoms with Crippen LogP contribution in [-0.4, -0.2) is 16.1 Å². The van der Waals surface area contributed by atoms with Crippen molar-refractivity contribution < 1.29 is 8.78 Å². The summed E-state index contributed by atoms with van der Waals surface area (Å²) < 4.78 is 29.6. The van der Waals surface area contributed by atoms with Crippen LogP contribution in [0.1, 0.15) is 29.8 Å². The maximum atomic E-state index is 14.1. The molecular weight excluding hydrogens is 248 g/mol. The number of aromatic nitrogens is 2. The van der Waals surface area contributed by atoms with Crippen LogP contribution in [0.3, 0.4) is 0 Å². The van der Waals surface area contributed by atoms with Crippen LogP contribution < -0.4 is 5.32 Å². The minimum Gasteiger partial charge on any atom is -0.336 e. The van der Waals surface area contributed by atoms with Gasteiger partial charge in [-0.05, 0) is 19.0 Å². The molecule has 1 heterocycles. The zero-order chi connectivity index (χ0) is 14.0. The Morgan fingerprint density at radius 2 is 2.05 bits per heavy atom. The molecule has 1 unspecified atom stereocenters. The Balaban J connectivity index is 2.52. The van der Waals surface area contributed by atoms with Crippen LogP contribution in [0, 0.1) is 18.6 Å². The lowest BCUT2D eigenvalue weighted by atomic mass is 10.0. The minimum atomic E-state index is -0.799. The Morgan fingerprint density at radius 3 is 2.63 bits per heavy atom. The summed E-state index contributed by atoms with van der Waals surface area (Å²) >= 11 is 0. The molecule has 0 radical (unpaired) electrons. The summed E-state index contributed by atoms with van der Waals surface area (Å²) in [5.74, 6) is -1.59. The van der Waals surface area contributed by atoms with E-state index >= 15 is 0 Å². The molecule has 1 aromatic heterocycles. The molecule has 1 N–H and O–H groups in total. The second kappa shape index (κ2) is 5.48. The first-order valence-electron chi connectivity index (χ1n) is 6.20. The molecule has 0 saturated heterocycles. The lowest BCUT2D eigenvalue weighted by molar-refractivity contribution is 0.474. The van der Waals surface area contributed by atoms with Crippen LogP contribution in [0.25, 0.3) is 0 Å².